The minimum absolute atomic E-state index is 0.215. The van der Waals surface area contributed by atoms with Gasteiger partial charge in [-0.15, -0.1) is 0 Å². The Kier molecular flexibility index (Phi) is 5.73. The van der Waals surface area contributed by atoms with Crippen molar-refractivity contribution in [2.75, 3.05) is 36.4 Å². The summed E-state index contributed by atoms with van der Waals surface area (Å²) in [7, 11) is 0. The zero-order chi connectivity index (χ0) is 18.5. The van der Waals surface area contributed by atoms with Crippen LogP contribution in [-0.2, 0) is 9.59 Å². The van der Waals surface area contributed by atoms with Gasteiger partial charge in [-0.3, -0.25) is 9.59 Å². The van der Waals surface area contributed by atoms with E-state index in [0.29, 0.717) is 36.9 Å². The van der Waals surface area contributed by atoms with Gasteiger partial charge in [-0.05, 0) is 36.4 Å². The zero-order valence-electron chi connectivity index (χ0n) is 14.1. The van der Waals surface area contributed by atoms with Crippen LogP contribution in [0.4, 0.5) is 15.8 Å². The van der Waals surface area contributed by atoms with E-state index < -0.39 is 0 Å². The highest BCUT2D eigenvalue weighted by Crippen LogP contribution is 2.21. The molecule has 0 aromatic heterocycles. The van der Waals surface area contributed by atoms with Gasteiger partial charge in [0.2, 0.25) is 11.8 Å². The monoisotopic (exact) mass is 375 g/mol. The second-order valence-electron chi connectivity index (χ2n) is 6.05. The van der Waals surface area contributed by atoms with E-state index in [1.807, 2.05) is 0 Å². The van der Waals surface area contributed by atoms with Crippen LogP contribution in [-0.4, -0.2) is 42.9 Å². The Labute approximate surface area is 156 Å². The van der Waals surface area contributed by atoms with Crippen molar-refractivity contribution in [2.45, 2.75) is 6.42 Å². The number of rotatable bonds is 4. The Morgan fingerprint density at radius 3 is 2.31 bits per heavy atom. The Morgan fingerprint density at radius 2 is 1.65 bits per heavy atom. The number of anilines is 2. The third-order valence-corrected chi connectivity index (χ3v) is 4.61. The highest BCUT2D eigenvalue weighted by atomic mass is 35.5. The lowest BCUT2D eigenvalue weighted by atomic mass is 10.2. The van der Waals surface area contributed by atoms with Crippen molar-refractivity contribution >= 4 is 34.8 Å². The molecule has 136 valence electrons. The van der Waals surface area contributed by atoms with E-state index in [-0.39, 0.29) is 24.1 Å². The average Bonchev–Trinajstić information content (AvgIpc) is 2.64. The van der Waals surface area contributed by atoms with E-state index in [0.717, 1.165) is 5.69 Å². The van der Waals surface area contributed by atoms with Gasteiger partial charge >= 0.3 is 0 Å². The number of nitrogens with zero attached hydrogens (tertiary/aromatic N) is 2. The maximum Gasteiger partial charge on any atom is 0.233 e. The topological polar surface area (TPSA) is 52.7 Å². The smallest absolute Gasteiger partial charge is 0.233 e. The SMILES string of the molecule is O=C(CC(=O)N1CCN(c2ccc(F)cc2)CC1)Nc1ccccc1Cl. The van der Waals surface area contributed by atoms with E-state index in [9.17, 15) is 14.0 Å². The number of hydrogen-bond donors (Lipinski definition) is 1. The molecule has 5 nitrogen and oxygen atoms in total. The van der Waals surface area contributed by atoms with E-state index in [1.165, 1.54) is 12.1 Å². The first-order chi connectivity index (χ1) is 12.5. The van der Waals surface area contributed by atoms with Crippen LogP contribution in [0, 0.1) is 5.82 Å². The number of hydrogen-bond acceptors (Lipinski definition) is 3. The molecule has 1 heterocycles. The highest BCUT2D eigenvalue weighted by molar-refractivity contribution is 6.33. The summed E-state index contributed by atoms with van der Waals surface area (Å²) in [6.07, 6.45) is -0.220. The van der Waals surface area contributed by atoms with Crippen LogP contribution >= 0.6 is 11.6 Å². The molecule has 26 heavy (non-hydrogen) atoms. The first-order valence-corrected chi connectivity index (χ1v) is 8.73. The van der Waals surface area contributed by atoms with Gasteiger partial charge in [0.15, 0.2) is 0 Å². The molecule has 1 N–H and O–H groups in total. The third kappa shape index (κ3) is 4.52. The minimum Gasteiger partial charge on any atom is -0.368 e. The van der Waals surface area contributed by atoms with Crippen LogP contribution in [0.25, 0.3) is 0 Å². The summed E-state index contributed by atoms with van der Waals surface area (Å²) in [6.45, 7) is 2.33. The maximum absolute atomic E-state index is 13.0. The number of carbonyl (C=O) groups excluding carboxylic acids is 2. The number of para-hydroxylation sites is 1. The van der Waals surface area contributed by atoms with Crippen LogP contribution in [0.1, 0.15) is 6.42 Å². The third-order valence-electron chi connectivity index (χ3n) is 4.28. The van der Waals surface area contributed by atoms with E-state index in [2.05, 4.69) is 10.2 Å². The van der Waals surface area contributed by atoms with Gasteiger partial charge < -0.3 is 15.1 Å². The van der Waals surface area contributed by atoms with Crippen molar-refractivity contribution in [1.82, 2.24) is 4.90 Å². The number of benzene rings is 2. The molecule has 0 radical (unpaired) electrons. The number of amides is 2. The molecule has 1 aliphatic heterocycles. The molecule has 2 aromatic rings. The Hall–Kier alpha value is -2.60. The normalized spacial score (nSPS) is 14.2. The average molecular weight is 376 g/mol. The lowest BCUT2D eigenvalue weighted by molar-refractivity contribution is -0.134. The van der Waals surface area contributed by atoms with Crippen LogP contribution < -0.4 is 10.2 Å². The summed E-state index contributed by atoms with van der Waals surface area (Å²) in [5.41, 5.74) is 1.42. The molecule has 1 aliphatic rings. The molecule has 0 unspecified atom stereocenters. The summed E-state index contributed by atoms with van der Waals surface area (Å²) in [5.74, 6) is -0.871. The molecule has 0 saturated carbocycles. The van der Waals surface area contributed by atoms with Crippen molar-refractivity contribution in [2.24, 2.45) is 0 Å². The molecule has 2 aromatic carbocycles. The molecule has 0 aliphatic carbocycles. The number of nitrogens with one attached hydrogen (secondary N) is 1. The van der Waals surface area contributed by atoms with Gasteiger partial charge in [-0.2, -0.15) is 0 Å². The van der Waals surface area contributed by atoms with Crippen LogP contribution in [0.2, 0.25) is 5.02 Å². The minimum atomic E-state index is -0.385. The van der Waals surface area contributed by atoms with Crippen molar-refractivity contribution in [3.05, 3.63) is 59.4 Å². The molecule has 0 bridgehead atoms. The molecule has 3 rings (SSSR count). The fraction of sp³-hybridized carbons (Fsp3) is 0.263. The van der Waals surface area contributed by atoms with Gasteiger partial charge in [-0.1, -0.05) is 23.7 Å². The molecule has 7 heteroatoms. The van der Waals surface area contributed by atoms with E-state index in [4.69, 9.17) is 11.6 Å². The predicted molar refractivity (Wildman–Crippen MR) is 99.9 cm³/mol. The van der Waals surface area contributed by atoms with Gasteiger partial charge in [0.05, 0.1) is 10.7 Å². The largest absolute Gasteiger partial charge is 0.368 e. The van der Waals surface area contributed by atoms with Gasteiger partial charge in [0.1, 0.15) is 12.2 Å². The van der Waals surface area contributed by atoms with Crippen molar-refractivity contribution in [3.63, 3.8) is 0 Å². The van der Waals surface area contributed by atoms with Crippen LogP contribution in [0.5, 0.6) is 0 Å². The fourth-order valence-corrected chi connectivity index (χ4v) is 3.06. The van der Waals surface area contributed by atoms with Crippen molar-refractivity contribution < 1.29 is 14.0 Å². The number of carbonyl (C=O) groups is 2. The Bertz CT molecular complexity index is 790. The Balaban J connectivity index is 1.49. The van der Waals surface area contributed by atoms with E-state index in [1.54, 1.807) is 41.3 Å². The van der Waals surface area contributed by atoms with E-state index >= 15 is 0 Å². The lowest BCUT2D eigenvalue weighted by Gasteiger charge is -2.36. The second kappa shape index (κ2) is 8.19. The summed E-state index contributed by atoms with van der Waals surface area (Å²) >= 11 is 6.00. The first kappa shape index (κ1) is 18.2. The van der Waals surface area contributed by atoms with Gasteiger partial charge in [0, 0.05) is 31.9 Å². The summed E-state index contributed by atoms with van der Waals surface area (Å²) in [5, 5.41) is 3.09. The molecule has 0 atom stereocenters. The first-order valence-electron chi connectivity index (χ1n) is 8.35. The van der Waals surface area contributed by atoms with Crippen LogP contribution in [0.3, 0.4) is 0 Å². The molecule has 0 spiro atoms. The van der Waals surface area contributed by atoms with Crippen molar-refractivity contribution in [3.8, 4) is 0 Å². The second-order valence-corrected chi connectivity index (χ2v) is 6.46. The molecule has 1 saturated heterocycles. The summed E-state index contributed by atoms with van der Waals surface area (Å²) in [4.78, 5) is 28.2. The molecule has 1 fully saturated rings. The Morgan fingerprint density at radius 1 is 1.00 bits per heavy atom. The maximum atomic E-state index is 13.0. The standard InChI is InChI=1S/C19H19ClFN3O2/c20-16-3-1-2-4-17(16)22-18(25)13-19(26)24-11-9-23(10-12-24)15-7-5-14(21)6-8-15/h1-8H,9-13H2,(H,22,25). The van der Waals surface area contributed by atoms with Crippen molar-refractivity contribution in [1.29, 1.82) is 0 Å². The fourth-order valence-electron chi connectivity index (χ4n) is 2.87. The van der Waals surface area contributed by atoms with Crippen LogP contribution in [0.15, 0.2) is 48.5 Å². The quantitative estimate of drug-likeness (QED) is 0.835. The number of halogens is 2. The lowest BCUT2D eigenvalue weighted by Crippen LogP contribution is -2.49. The number of piperazine rings is 1. The highest BCUT2D eigenvalue weighted by Gasteiger charge is 2.23. The molecular weight excluding hydrogens is 357 g/mol. The van der Waals surface area contributed by atoms with Gasteiger partial charge in [-0.25, -0.2) is 4.39 Å². The molecular formula is C19H19ClFN3O2. The predicted octanol–water partition coefficient (Wildman–Crippen LogP) is 3.16. The zero-order valence-corrected chi connectivity index (χ0v) is 14.9. The van der Waals surface area contributed by atoms with Gasteiger partial charge in [0.25, 0.3) is 0 Å². The summed E-state index contributed by atoms with van der Waals surface area (Å²) in [6, 6.07) is 13.2. The summed E-state index contributed by atoms with van der Waals surface area (Å²) < 4.78 is 13.0. The molecule has 2 amide bonds.